The molecule has 0 aromatic rings. The van der Waals surface area contributed by atoms with E-state index in [1.54, 1.807) is 6.92 Å². The van der Waals surface area contributed by atoms with E-state index in [-0.39, 0.29) is 17.7 Å². The zero-order chi connectivity index (χ0) is 13.0. The predicted octanol–water partition coefficient (Wildman–Crippen LogP) is 0.0668. The Morgan fingerprint density at radius 3 is 2.44 bits per heavy atom. The highest BCUT2D eigenvalue weighted by Crippen LogP contribution is 2.15. The molecule has 2 heterocycles. The van der Waals surface area contributed by atoms with Crippen molar-refractivity contribution in [2.75, 3.05) is 39.3 Å². The van der Waals surface area contributed by atoms with Crippen LogP contribution in [-0.4, -0.2) is 60.9 Å². The van der Waals surface area contributed by atoms with Crippen LogP contribution in [0.1, 0.15) is 26.2 Å². The fourth-order valence-electron chi connectivity index (χ4n) is 2.77. The SMILES string of the molecule is CC(=O)N1CCCN(C(=O)C2CCCNC2)CC1. The van der Waals surface area contributed by atoms with Gasteiger partial charge < -0.3 is 15.1 Å². The van der Waals surface area contributed by atoms with Crippen LogP contribution >= 0.6 is 0 Å². The lowest BCUT2D eigenvalue weighted by Gasteiger charge is -2.28. The van der Waals surface area contributed by atoms with Gasteiger partial charge in [-0.25, -0.2) is 0 Å². The summed E-state index contributed by atoms with van der Waals surface area (Å²) in [7, 11) is 0. The zero-order valence-electron chi connectivity index (χ0n) is 11.2. The average molecular weight is 253 g/mol. The minimum absolute atomic E-state index is 0.114. The maximum absolute atomic E-state index is 12.4. The Morgan fingerprint density at radius 1 is 1.06 bits per heavy atom. The van der Waals surface area contributed by atoms with E-state index in [0.717, 1.165) is 45.4 Å². The Balaban J connectivity index is 1.88. The molecule has 0 aliphatic carbocycles. The van der Waals surface area contributed by atoms with Crippen molar-refractivity contribution in [3.8, 4) is 0 Å². The van der Waals surface area contributed by atoms with E-state index in [1.807, 2.05) is 9.80 Å². The third kappa shape index (κ3) is 3.22. The van der Waals surface area contributed by atoms with E-state index in [0.29, 0.717) is 13.1 Å². The summed E-state index contributed by atoms with van der Waals surface area (Å²) in [5, 5.41) is 3.29. The largest absolute Gasteiger partial charge is 0.341 e. The topological polar surface area (TPSA) is 52.7 Å². The molecule has 0 spiro atoms. The predicted molar refractivity (Wildman–Crippen MR) is 69.0 cm³/mol. The third-order valence-electron chi connectivity index (χ3n) is 3.90. The van der Waals surface area contributed by atoms with Gasteiger partial charge in [-0.2, -0.15) is 0 Å². The second-order valence-corrected chi connectivity index (χ2v) is 5.23. The van der Waals surface area contributed by atoms with Crippen molar-refractivity contribution < 1.29 is 9.59 Å². The number of nitrogens with one attached hydrogen (secondary N) is 1. The minimum Gasteiger partial charge on any atom is -0.341 e. The van der Waals surface area contributed by atoms with Gasteiger partial charge in [0.05, 0.1) is 5.92 Å². The maximum Gasteiger partial charge on any atom is 0.227 e. The van der Waals surface area contributed by atoms with Crippen molar-refractivity contribution in [2.45, 2.75) is 26.2 Å². The average Bonchev–Trinajstić information content (AvgIpc) is 2.64. The van der Waals surface area contributed by atoms with E-state index < -0.39 is 0 Å². The van der Waals surface area contributed by atoms with Crippen LogP contribution in [0.25, 0.3) is 0 Å². The molecule has 1 N–H and O–H groups in total. The van der Waals surface area contributed by atoms with Crippen LogP contribution < -0.4 is 5.32 Å². The van der Waals surface area contributed by atoms with Gasteiger partial charge in [0.25, 0.3) is 0 Å². The molecule has 0 aromatic carbocycles. The first-order chi connectivity index (χ1) is 8.68. The van der Waals surface area contributed by atoms with E-state index >= 15 is 0 Å². The van der Waals surface area contributed by atoms with Crippen molar-refractivity contribution in [3.63, 3.8) is 0 Å². The van der Waals surface area contributed by atoms with Gasteiger partial charge in [-0.3, -0.25) is 9.59 Å². The van der Waals surface area contributed by atoms with Crippen molar-refractivity contribution in [2.24, 2.45) is 5.92 Å². The molecular formula is C13H23N3O2. The number of piperidine rings is 1. The molecule has 2 rings (SSSR count). The zero-order valence-corrected chi connectivity index (χ0v) is 11.2. The number of hydrogen-bond acceptors (Lipinski definition) is 3. The van der Waals surface area contributed by atoms with Gasteiger partial charge in [-0.15, -0.1) is 0 Å². The molecule has 0 radical (unpaired) electrons. The Hall–Kier alpha value is -1.10. The molecule has 0 bridgehead atoms. The van der Waals surface area contributed by atoms with Crippen LogP contribution in [0.5, 0.6) is 0 Å². The van der Waals surface area contributed by atoms with E-state index in [1.165, 1.54) is 0 Å². The molecule has 2 saturated heterocycles. The molecule has 2 fully saturated rings. The summed E-state index contributed by atoms with van der Waals surface area (Å²) in [6.07, 6.45) is 2.98. The lowest BCUT2D eigenvalue weighted by Crippen LogP contribution is -2.44. The molecule has 0 aromatic heterocycles. The lowest BCUT2D eigenvalue weighted by atomic mass is 9.98. The molecule has 2 aliphatic rings. The van der Waals surface area contributed by atoms with Gasteiger partial charge >= 0.3 is 0 Å². The Kier molecular flexibility index (Phi) is 4.58. The molecule has 18 heavy (non-hydrogen) atoms. The normalized spacial score (nSPS) is 25.7. The highest BCUT2D eigenvalue weighted by atomic mass is 16.2. The number of amides is 2. The smallest absolute Gasteiger partial charge is 0.227 e. The standard InChI is InChI=1S/C13H23N3O2/c1-11(17)15-6-3-7-16(9-8-15)13(18)12-4-2-5-14-10-12/h12,14H,2-10H2,1H3. The van der Waals surface area contributed by atoms with Gasteiger partial charge in [0.2, 0.25) is 11.8 Å². The number of carbonyl (C=O) groups is 2. The molecule has 5 heteroatoms. The summed E-state index contributed by atoms with van der Waals surface area (Å²) >= 11 is 0. The maximum atomic E-state index is 12.4. The number of carbonyl (C=O) groups excluding carboxylic acids is 2. The lowest BCUT2D eigenvalue weighted by molar-refractivity contribution is -0.136. The Labute approximate surface area is 108 Å². The number of nitrogens with zero attached hydrogens (tertiary/aromatic N) is 2. The summed E-state index contributed by atoms with van der Waals surface area (Å²) in [5.41, 5.74) is 0. The quantitative estimate of drug-likeness (QED) is 0.719. The van der Waals surface area contributed by atoms with Crippen molar-refractivity contribution in [1.29, 1.82) is 0 Å². The summed E-state index contributed by atoms with van der Waals surface area (Å²) in [6, 6.07) is 0. The molecule has 1 atom stereocenters. The highest BCUT2D eigenvalue weighted by molar-refractivity contribution is 5.79. The second-order valence-electron chi connectivity index (χ2n) is 5.23. The monoisotopic (exact) mass is 253 g/mol. The van der Waals surface area contributed by atoms with E-state index in [9.17, 15) is 9.59 Å². The van der Waals surface area contributed by atoms with Crippen molar-refractivity contribution >= 4 is 11.8 Å². The fourth-order valence-corrected chi connectivity index (χ4v) is 2.77. The highest BCUT2D eigenvalue weighted by Gasteiger charge is 2.27. The summed E-state index contributed by atoms with van der Waals surface area (Å²) in [4.78, 5) is 27.5. The van der Waals surface area contributed by atoms with Crippen molar-refractivity contribution in [3.05, 3.63) is 0 Å². The summed E-state index contributed by atoms with van der Waals surface area (Å²) < 4.78 is 0. The van der Waals surface area contributed by atoms with Gasteiger partial charge in [0.15, 0.2) is 0 Å². The second kappa shape index (κ2) is 6.18. The Bertz CT molecular complexity index is 313. The van der Waals surface area contributed by atoms with E-state index in [4.69, 9.17) is 0 Å². The van der Waals surface area contributed by atoms with Crippen LogP contribution in [0.2, 0.25) is 0 Å². The van der Waals surface area contributed by atoms with Gasteiger partial charge in [-0.05, 0) is 25.8 Å². The molecule has 2 aliphatic heterocycles. The van der Waals surface area contributed by atoms with Gasteiger partial charge in [0, 0.05) is 39.6 Å². The molecule has 102 valence electrons. The first-order valence-corrected chi connectivity index (χ1v) is 6.93. The van der Waals surface area contributed by atoms with Crippen LogP contribution in [0, 0.1) is 5.92 Å². The van der Waals surface area contributed by atoms with Crippen LogP contribution in [-0.2, 0) is 9.59 Å². The third-order valence-corrected chi connectivity index (χ3v) is 3.90. The first-order valence-electron chi connectivity index (χ1n) is 6.93. The molecular weight excluding hydrogens is 230 g/mol. The molecule has 5 nitrogen and oxygen atoms in total. The number of hydrogen-bond donors (Lipinski definition) is 1. The van der Waals surface area contributed by atoms with Crippen LogP contribution in [0.15, 0.2) is 0 Å². The van der Waals surface area contributed by atoms with Crippen LogP contribution in [0.4, 0.5) is 0 Å². The minimum atomic E-state index is 0.114. The first kappa shape index (κ1) is 13.3. The Morgan fingerprint density at radius 2 is 1.78 bits per heavy atom. The molecule has 2 amide bonds. The fraction of sp³-hybridized carbons (Fsp3) is 0.846. The van der Waals surface area contributed by atoms with Gasteiger partial charge in [-0.1, -0.05) is 0 Å². The summed E-state index contributed by atoms with van der Waals surface area (Å²) in [6.45, 7) is 6.38. The van der Waals surface area contributed by atoms with Gasteiger partial charge in [0.1, 0.15) is 0 Å². The number of rotatable bonds is 1. The van der Waals surface area contributed by atoms with Crippen LogP contribution in [0.3, 0.4) is 0 Å². The molecule has 0 saturated carbocycles. The van der Waals surface area contributed by atoms with E-state index in [2.05, 4.69) is 5.32 Å². The summed E-state index contributed by atoms with van der Waals surface area (Å²) in [5.74, 6) is 0.527. The van der Waals surface area contributed by atoms with Crippen molar-refractivity contribution in [1.82, 2.24) is 15.1 Å². The molecule has 1 unspecified atom stereocenters.